The molecule has 0 amide bonds. The highest BCUT2D eigenvalue weighted by molar-refractivity contribution is 5.75. The zero-order chi connectivity index (χ0) is 20.7. The maximum atomic E-state index is 13.0. The van der Waals surface area contributed by atoms with Gasteiger partial charge in [0.05, 0.1) is 18.2 Å². The van der Waals surface area contributed by atoms with Crippen LogP contribution in [-0.2, 0) is 20.6 Å². The van der Waals surface area contributed by atoms with Gasteiger partial charge in [-0.2, -0.15) is 10.2 Å². The third kappa shape index (κ3) is 3.21. The second-order valence-electron chi connectivity index (χ2n) is 7.53. The predicted molar refractivity (Wildman–Crippen MR) is 110 cm³/mol. The Balaban J connectivity index is 1.93. The number of anilines is 1. The summed E-state index contributed by atoms with van der Waals surface area (Å²) in [5, 5.41) is 9.03. The number of imidazole rings is 1. The minimum atomic E-state index is -0.410. The van der Waals surface area contributed by atoms with Gasteiger partial charge in [-0.15, -0.1) is 0 Å². The summed E-state index contributed by atoms with van der Waals surface area (Å²) in [6.45, 7) is 1.83. The van der Waals surface area contributed by atoms with Crippen LogP contribution in [0.15, 0.2) is 33.9 Å². The quantitative estimate of drug-likeness (QED) is 0.684. The monoisotopic (exact) mass is 393 g/mol. The van der Waals surface area contributed by atoms with E-state index >= 15 is 0 Å². The molecule has 3 heterocycles. The Labute approximate surface area is 167 Å². The van der Waals surface area contributed by atoms with Gasteiger partial charge >= 0.3 is 5.69 Å². The second kappa shape index (κ2) is 7.22. The van der Waals surface area contributed by atoms with E-state index in [1.54, 1.807) is 19.2 Å². The van der Waals surface area contributed by atoms with Crippen LogP contribution in [0.2, 0.25) is 0 Å². The summed E-state index contributed by atoms with van der Waals surface area (Å²) in [5.41, 5.74) is 7.63. The lowest BCUT2D eigenvalue weighted by atomic mass is 10.1. The van der Waals surface area contributed by atoms with Crippen molar-refractivity contribution in [1.82, 2.24) is 18.7 Å². The van der Waals surface area contributed by atoms with Gasteiger partial charge in [0.25, 0.3) is 5.56 Å². The van der Waals surface area contributed by atoms with Crippen molar-refractivity contribution in [3.63, 3.8) is 0 Å². The summed E-state index contributed by atoms with van der Waals surface area (Å²) in [5.74, 6) is 0.637. The maximum Gasteiger partial charge on any atom is 0.332 e. The number of nitriles is 1. The summed E-state index contributed by atoms with van der Waals surface area (Å²) in [4.78, 5) is 32.1. The van der Waals surface area contributed by atoms with Gasteiger partial charge in [-0.05, 0) is 30.5 Å². The third-order valence-electron chi connectivity index (χ3n) is 5.49. The fourth-order valence-electron chi connectivity index (χ4n) is 3.89. The van der Waals surface area contributed by atoms with E-state index in [2.05, 4.69) is 11.0 Å². The number of aromatic nitrogens is 4. The highest BCUT2D eigenvalue weighted by Crippen LogP contribution is 2.24. The van der Waals surface area contributed by atoms with Crippen molar-refractivity contribution in [3.8, 4) is 6.07 Å². The molecular weight excluding hydrogens is 370 g/mol. The first kappa shape index (κ1) is 19.0. The number of hydrogen-bond donors (Lipinski definition) is 1. The average molecular weight is 393 g/mol. The molecule has 29 heavy (non-hydrogen) atoms. The molecule has 2 N–H and O–H groups in total. The Morgan fingerprint density at radius 1 is 1.21 bits per heavy atom. The van der Waals surface area contributed by atoms with Crippen molar-refractivity contribution in [1.29, 1.82) is 5.26 Å². The van der Waals surface area contributed by atoms with Crippen LogP contribution in [-0.4, -0.2) is 37.8 Å². The summed E-state index contributed by atoms with van der Waals surface area (Å²) < 4.78 is 4.36. The Kier molecular flexibility index (Phi) is 4.72. The van der Waals surface area contributed by atoms with E-state index in [1.807, 2.05) is 16.7 Å². The van der Waals surface area contributed by atoms with E-state index in [-0.39, 0.29) is 11.6 Å². The molecule has 1 aliphatic rings. The van der Waals surface area contributed by atoms with Crippen molar-refractivity contribution in [2.45, 2.75) is 25.4 Å². The van der Waals surface area contributed by atoms with E-state index in [1.165, 1.54) is 11.6 Å². The zero-order valence-electron chi connectivity index (χ0n) is 16.5. The fraction of sp³-hybridized carbons (Fsp3) is 0.400. The van der Waals surface area contributed by atoms with Crippen LogP contribution >= 0.6 is 0 Å². The zero-order valence-corrected chi connectivity index (χ0v) is 16.5. The standard InChI is InChI=1S/C20H23N7O2/c1-24-17-16(18(28)25(2)20(24)29)27(11-14-7-5-13(10-21)6-8-14)19(23-17)26-9-3-4-15(22)12-26/h5-8,15H,3-4,9,11-12,22H2,1-2H3. The van der Waals surface area contributed by atoms with Crippen molar-refractivity contribution in [2.75, 3.05) is 18.0 Å². The van der Waals surface area contributed by atoms with Crippen molar-refractivity contribution >= 4 is 17.1 Å². The number of aryl methyl sites for hydroxylation is 1. The molecule has 0 bridgehead atoms. The van der Waals surface area contributed by atoms with E-state index in [0.717, 1.165) is 29.5 Å². The highest BCUT2D eigenvalue weighted by atomic mass is 16.2. The molecule has 1 unspecified atom stereocenters. The van der Waals surface area contributed by atoms with Gasteiger partial charge in [0, 0.05) is 33.2 Å². The number of nitrogens with zero attached hydrogens (tertiary/aromatic N) is 6. The lowest BCUT2D eigenvalue weighted by molar-refractivity contribution is 0.495. The number of hydrogen-bond acceptors (Lipinski definition) is 6. The molecule has 1 fully saturated rings. The molecule has 0 radical (unpaired) electrons. The van der Waals surface area contributed by atoms with E-state index in [4.69, 9.17) is 16.0 Å². The largest absolute Gasteiger partial charge is 0.341 e. The summed E-state index contributed by atoms with van der Waals surface area (Å²) in [6, 6.07) is 9.37. The first-order valence-electron chi connectivity index (χ1n) is 9.56. The van der Waals surface area contributed by atoms with Gasteiger partial charge in [0.1, 0.15) is 0 Å². The van der Waals surface area contributed by atoms with Crippen molar-refractivity contribution in [3.05, 3.63) is 56.2 Å². The van der Waals surface area contributed by atoms with Crippen molar-refractivity contribution in [2.24, 2.45) is 19.8 Å². The highest BCUT2D eigenvalue weighted by Gasteiger charge is 2.25. The number of benzene rings is 1. The number of fused-ring (bicyclic) bond motifs is 1. The molecule has 1 atom stereocenters. The summed E-state index contributed by atoms with van der Waals surface area (Å²) in [7, 11) is 3.09. The molecule has 2 aromatic heterocycles. The smallest absolute Gasteiger partial charge is 0.332 e. The molecule has 0 saturated carbocycles. The predicted octanol–water partition coefficient (Wildman–Crippen LogP) is 0.281. The summed E-state index contributed by atoms with van der Waals surface area (Å²) in [6.07, 6.45) is 1.89. The molecule has 1 aliphatic heterocycles. The molecule has 3 aromatic rings. The molecule has 0 spiro atoms. The van der Waals surface area contributed by atoms with Crippen molar-refractivity contribution < 1.29 is 0 Å². The van der Waals surface area contributed by atoms with E-state index in [0.29, 0.717) is 35.8 Å². The van der Waals surface area contributed by atoms with E-state index in [9.17, 15) is 9.59 Å². The molecule has 9 heteroatoms. The van der Waals surface area contributed by atoms with Crippen LogP contribution in [0, 0.1) is 11.3 Å². The normalized spacial score (nSPS) is 16.9. The minimum Gasteiger partial charge on any atom is -0.341 e. The molecule has 1 saturated heterocycles. The topological polar surface area (TPSA) is 115 Å². The average Bonchev–Trinajstić information content (AvgIpc) is 3.10. The molecule has 9 nitrogen and oxygen atoms in total. The Morgan fingerprint density at radius 3 is 2.59 bits per heavy atom. The van der Waals surface area contributed by atoms with Crippen LogP contribution in [0.4, 0.5) is 5.95 Å². The van der Waals surface area contributed by atoms with E-state index < -0.39 is 5.69 Å². The molecule has 150 valence electrons. The van der Waals surface area contributed by atoms with Gasteiger partial charge in [0.2, 0.25) is 5.95 Å². The number of nitrogens with two attached hydrogens (primary N) is 1. The lowest BCUT2D eigenvalue weighted by Crippen LogP contribution is -2.44. The van der Waals surface area contributed by atoms with Gasteiger partial charge in [-0.1, -0.05) is 12.1 Å². The molecule has 4 rings (SSSR count). The van der Waals surface area contributed by atoms with Gasteiger partial charge in [-0.25, -0.2) is 4.79 Å². The van der Waals surface area contributed by atoms with Crippen LogP contribution in [0.25, 0.3) is 11.2 Å². The van der Waals surface area contributed by atoms with Crippen LogP contribution in [0.5, 0.6) is 0 Å². The van der Waals surface area contributed by atoms with Crippen LogP contribution < -0.4 is 21.9 Å². The second-order valence-corrected chi connectivity index (χ2v) is 7.53. The maximum absolute atomic E-state index is 13.0. The third-order valence-corrected chi connectivity index (χ3v) is 5.49. The molecule has 0 aliphatic carbocycles. The number of piperidine rings is 1. The molecular formula is C20H23N7O2. The van der Waals surface area contributed by atoms with Gasteiger partial charge in [-0.3, -0.25) is 18.5 Å². The molecule has 1 aromatic carbocycles. The fourth-order valence-corrected chi connectivity index (χ4v) is 3.89. The Hall–Kier alpha value is -3.38. The first-order chi connectivity index (χ1) is 13.9. The SMILES string of the molecule is Cn1c(=O)c2c(nc(N3CCCC(N)C3)n2Cc2ccc(C#N)cc2)n(C)c1=O. The lowest BCUT2D eigenvalue weighted by Gasteiger charge is -2.31. The summed E-state index contributed by atoms with van der Waals surface area (Å²) >= 11 is 0. The van der Waals surface area contributed by atoms with Gasteiger partial charge < -0.3 is 10.6 Å². The Morgan fingerprint density at radius 2 is 1.93 bits per heavy atom. The minimum absolute atomic E-state index is 0.0403. The Bertz CT molecular complexity index is 1230. The van der Waals surface area contributed by atoms with Crippen LogP contribution in [0.1, 0.15) is 24.0 Å². The van der Waals surface area contributed by atoms with Crippen LogP contribution in [0.3, 0.4) is 0 Å². The first-order valence-corrected chi connectivity index (χ1v) is 9.56. The van der Waals surface area contributed by atoms with Gasteiger partial charge in [0.15, 0.2) is 11.2 Å². The number of rotatable bonds is 3.